The third kappa shape index (κ3) is 4.03. The summed E-state index contributed by atoms with van der Waals surface area (Å²) < 4.78 is 13.7. The van der Waals surface area contributed by atoms with E-state index in [9.17, 15) is 9.18 Å². The second-order valence-electron chi connectivity index (χ2n) is 5.82. The van der Waals surface area contributed by atoms with E-state index >= 15 is 0 Å². The first-order valence-electron chi connectivity index (χ1n) is 8.01. The molecule has 1 fully saturated rings. The minimum Gasteiger partial charge on any atom is -0.343 e. The zero-order valence-electron chi connectivity index (χ0n) is 13.1. The third-order valence-electron chi connectivity index (χ3n) is 4.44. The topological polar surface area (TPSA) is 24.8 Å². The van der Waals surface area contributed by atoms with Crippen LogP contribution in [0, 0.1) is 11.7 Å². The van der Waals surface area contributed by atoms with Crippen molar-refractivity contribution in [3.63, 3.8) is 0 Å². The average Bonchev–Trinajstić information content (AvgIpc) is 2.51. The standard InChI is InChI=1S/C17H25FN2O/c1-3-20(4-2)17(21)15-9-7-11-19(13-15)12-14-8-5-6-10-16(14)18/h5-6,8,10,15H,3-4,7,9,11-13H2,1-2H3/p+1/t15-/m0/s1. The fraction of sp³-hybridized carbons (Fsp3) is 0.588. The van der Waals surface area contributed by atoms with E-state index in [-0.39, 0.29) is 17.6 Å². The van der Waals surface area contributed by atoms with Gasteiger partial charge in [-0.05, 0) is 32.8 Å². The Morgan fingerprint density at radius 1 is 1.33 bits per heavy atom. The smallest absolute Gasteiger partial charge is 0.231 e. The largest absolute Gasteiger partial charge is 0.343 e. The molecule has 1 amide bonds. The summed E-state index contributed by atoms with van der Waals surface area (Å²) in [6, 6.07) is 6.95. The number of hydrogen-bond acceptors (Lipinski definition) is 1. The van der Waals surface area contributed by atoms with Crippen molar-refractivity contribution in [3.05, 3.63) is 35.6 Å². The lowest BCUT2D eigenvalue weighted by molar-refractivity contribution is -0.921. The van der Waals surface area contributed by atoms with E-state index in [1.54, 1.807) is 6.07 Å². The number of benzene rings is 1. The lowest BCUT2D eigenvalue weighted by atomic mass is 9.96. The van der Waals surface area contributed by atoms with E-state index in [0.29, 0.717) is 6.54 Å². The fourth-order valence-electron chi connectivity index (χ4n) is 3.23. The van der Waals surface area contributed by atoms with E-state index in [2.05, 4.69) is 0 Å². The molecule has 4 heteroatoms. The first kappa shape index (κ1) is 16.0. The Morgan fingerprint density at radius 3 is 2.71 bits per heavy atom. The molecule has 1 unspecified atom stereocenters. The number of carbonyl (C=O) groups is 1. The van der Waals surface area contributed by atoms with Crippen molar-refractivity contribution < 1.29 is 14.1 Å². The zero-order valence-corrected chi connectivity index (χ0v) is 13.1. The Bertz CT molecular complexity index is 474. The molecule has 2 rings (SSSR count). The van der Waals surface area contributed by atoms with E-state index in [1.807, 2.05) is 30.9 Å². The molecule has 21 heavy (non-hydrogen) atoms. The minimum atomic E-state index is -0.137. The summed E-state index contributed by atoms with van der Waals surface area (Å²) in [7, 11) is 0. The fourth-order valence-corrected chi connectivity index (χ4v) is 3.23. The number of amides is 1. The average molecular weight is 293 g/mol. The van der Waals surface area contributed by atoms with Crippen LogP contribution in [0.25, 0.3) is 0 Å². The van der Waals surface area contributed by atoms with E-state index in [0.717, 1.165) is 44.6 Å². The number of carbonyl (C=O) groups excluding carboxylic acids is 1. The Kier molecular flexibility index (Phi) is 5.74. The molecule has 1 saturated heterocycles. The van der Waals surface area contributed by atoms with Gasteiger partial charge in [0, 0.05) is 18.7 Å². The first-order chi connectivity index (χ1) is 10.2. The molecule has 1 heterocycles. The van der Waals surface area contributed by atoms with Gasteiger partial charge >= 0.3 is 0 Å². The Hall–Kier alpha value is -1.42. The molecule has 0 saturated carbocycles. The highest BCUT2D eigenvalue weighted by Gasteiger charge is 2.31. The Balaban J connectivity index is 1.98. The predicted molar refractivity (Wildman–Crippen MR) is 81.5 cm³/mol. The number of quaternary nitrogens is 1. The molecule has 1 aliphatic heterocycles. The maximum Gasteiger partial charge on any atom is 0.231 e. The number of rotatable bonds is 5. The number of halogens is 1. The monoisotopic (exact) mass is 293 g/mol. The van der Waals surface area contributed by atoms with Gasteiger partial charge in [-0.3, -0.25) is 4.79 Å². The summed E-state index contributed by atoms with van der Waals surface area (Å²) in [5.41, 5.74) is 0.753. The predicted octanol–water partition coefficient (Wildman–Crippen LogP) is 1.49. The van der Waals surface area contributed by atoms with Crippen LogP contribution in [0.3, 0.4) is 0 Å². The van der Waals surface area contributed by atoms with Gasteiger partial charge in [0.2, 0.25) is 5.91 Å². The molecule has 1 aromatic carbocycles. The van der Waals surface area contributed by atoms with Gasteiger partial charge in [0.05, 0.1) is 19.0 Å². The lowest BCUT2D eigenvalue weighted by Gasteiger charge is -2.32. The maximum absolute atomic E-state index is 13.7. The molecular weight excluding hydrogens is 267 g/mol. The van der Waals surface area contributed by atoms with Gasteiger partial charge in [0.1, 0.15) is 12.4 Å². The summed E-state index contributed by atoms with van der Waals surface area (Å²) in [5, 5.41) is 0. The second-order valence-corrected chi connectivity index (χ2v) is 5.82. The van der Waals surface area contributed by atoms with Crippen molar-refractivity contribution >= 4 is 5.91 Å². The summed E-state index contributed by atoms with van der Waals surface area (Å²) in [6.45, 7) is 8.11. The molecule has 116 valence electrons. The van der Waals surface area contributed by atoms with Crippen molar-refractivity contribution in [2.45, 2.75) is 33.2 Å². The minimum absolute atomic E-state index is 0.0976. The molecule has 0 aromatic heterocycles. The van der Waals surface area contributed by atoms with Crippen LogP contribution < -0.4 is 4.90 Å². The molecule has 0 bridgehead atoms. The van der Waals surface area contributed by atoms with Crippen LogP contribution in [0.4, 0.5) is 4.39 Å². The molecule has 1 aliphatic rings. The maximum atomic E-state index is 13.7. The zero-order chi connectivity index (χ0) is 15.2. The molecule has 3 nitrogen and oxygen atoms in total. The normalized spacial score (nSPS) is 22.0. The number of hydrogen-bond donors (Lipinski definition) is 1. The molecule has 1 aromatic rings. The van der Waals surface area contributed by atoms with Gasteiger partial charge in [-0.25, -0.2) is 4.39 Å². The molecule has 0 aliphatic carbocycles. The molecule has 0 spiro atoms. The van der Waals surface area contributed by atoms with Crippen LogP contribution >= 0.6 is 0 Å². The third-order valence-corrected chi connectivity index (χ3v) is 4.44. The van der Waals surface area contributed by atoms with Gasteiger partial charge < -0.3 is 9.80 Å². The summed E-state index contributed by atoms with van der Waals surface area (Å²) in [6.07, 6.45) is 2.01. The lowest BCUT2D eigenvalue weighted by Crippen LogP contribution is -3.12. The van der Waals surface area contributed by atoms with Gasteiger partial charge in [-0.1, -0.05) is 18.2 Å². The molecule has 1 N–H and O–H groups in total. The van der Waals surface area contributed by atoms with Crippen LogP contribution in [0.5, 0.6) is 0 Å². The van der Waals surface area contributed by atoms with Gasteiger partial charge in [-0.2, -0.15) is 0 Å². The van der Waals surface area contributed by atoms with Crippen molar-refractivity contribution in [1.29, 1.82) is 0 Å². The summed E-state index contributed by atoms with van der Waals surface area (Å²) in [4.78, 5) is 15.7. The number of nitrogens with one attached hydrogen (secondary N) is 1. The van der Waals surface area contributed by atoms with Crippen molar-refractivity contribution in [2.24, 2.45) is 5.92 Å². The molecular formula is C17H26FN2O+. The Labute approximate surface area is 126 Å². The SMILES string of the molecule is CCN(CC)C(=O)[C@H]1CCC[NH+](Cc2ccccc2F)C1. The Morgan fingerprint density at radius 2 is 2.05 bits per heavy atom. The number of piperidine rings is 1. The summed E-state index contributed by atoms with van der Waals surface area (Å²) >= 11 is 0. The van der Waals surface area contributed by atoms with Crippen LogP contribution in [-0.4, -0.2) is 37.0 Å². The van der Waals surface area contributed by atoms with E-state index in [1.165, 1.54) is 11.0 Å². The van der Waals surface area contributed by atoms with Crippen molar-refractivity contribution in [1.82, 2.24) is 4.90 Å². The van der Waals surface area contributed by atoms with Crippen LogP contribution in [-0.2, 0) is 11.3 Å². The molecule has 0 radical (unpaired) electrons. The first-order valence-corrected chi connectivity index (χ1v) is 8.01. The molecule has 2 atom stereocenters. The van der Waals surface area contributed by atoms with Crippen LogP contribution in [0.2, 0.25) is 0 Å². The van der Waals surface area contributed by atoms with E-state index in [4.69, 9.17) is 0 Å². The number of nitrogens with zero attached hydrogens (tertiary/aromatic N) is 1. The second kappa shape index (κ2) is 7.55. The van der Waals surface area contributed by atoms with Crippen LogP contribution in [0.15, 0.2) is 24.3 Å². The quantitative estimate of drug-likeness (QED) is 0.874. The van der Waals surface area contributed by atoms with Crippen molar-refractivity contribution in [3.8, 4) is 0 Å². The van der Waals surface area contributed by atoms with Gasteiger partial charge in [-0.15, -0.1) is 0 Å². The van der Waals surface area contributed by atoms with Gasteiger partial charge in [0.25, 0.3) is 0 Å². The summed E-state index contributed by atoms with van der Waals surface area (Å²) in [5.74, 6) is 0.230. The highest BCUT2D eigenvalue weighted by molar-refractivity contribution is 5.78. The van der Waals surface area contributed by atoms with E-state index < -0.39 is 0 Å². The number of likely N-dealkylation sites (tertiary alicyclic amines) is 1. The van der Waals surface area contributed by atoms with Crippen LogP contribution in [0.1, 0.15) is 32.3 Å². The highest BCUT2D eigenvalue weighted by Crippen LogP contribution is 2.12. The van der Waals surface area contributed by atoms with Crippen molar-refractivity contribution in [2.75, 3.05) is 26.2 Å². The van der Waals surface area contributed by atoms with Gasteiger partial charge in [0.15, 0.2) is 0 Å². The highest BCUT2D eigenvalue weighted by atomic mass is 19.1.